The standard InChI is InChI=1S/C26H24ClF3N4O4S/c1-37-18-4-2-15(3-5-18)22-11-20(32-38-22)21-14-39-24(31-21)16-6-8-33(9-7-16)23(35)13-34-12-17(27)10-19(25(34)36)26(28,29)30/h2-5,10,12,14,16,22H,6-9,11,13H2,1H3. The molecule has 0 spiro atoms. The number of amides is 1. The molecule has 0 saturated carbocycles. The van der Waals surface area contributed by atoms with Crippen LogP contribution in [0.25, 0.3) is 0 Å². The van der Waals surface area contributed by atoms with Crippen LogP contribution < -0.4 is 10.3 Å². The first kappa shape index (κ1) is 27.2. The Morgan fingerprint density at radius 1 is 1.23 bits per heavy atom. The van der Waals surface area contributed by atoms with Crippen LogP contribution in [-0.2, 0) is 22.4 Å². The van der Waals surface area contributed by atoms with E-state index in [1.54, 1.807) is 12.0 Å². The van der Waals surface area contributed by atoms with Crippen LogP contribution in [0, 0.1) is 0 Å². The summed E-state index contributed by atoms with van der Waals surface area (Å²) < 4.78 is 45.3. The summed E-state index contributed by atoms with van der Waals surface area (Å²) >= 11 is 7.30. The number of benzene rings is 1. The van der Waals surface area contributed by atoms with Gasteiger partial charge in [0, 0.05) is 37.0 Å². The van der Waals surface area contributed by atoms with Gasteiger partial charge in [0.05, 0.1) is 22.8 Å². The van der Waals surface area contributed by atoms with E-state index in [1.807, 2.05) is 29.6 Å². The number of ether oxygens (including phenoxy) is 1. The lowest BCUT2D eigenvalue weighted by Gasteiger charge is -2.31. The first-order valence-corrected chi connectivity index (χ1v) is 13.5. The summed E-state index contributed by atoms with van der Waals surface area (Å²) in [5.74, 6) is 0.468. The molecule has 0 bridgehead atoms. The van der Waals surface area contributed by atoms with Gasteiger partial charge in [0.15, 0.2) is 6.10 Å². The number of aromatic nitrogens is 2. The Bertz CT molecular complexity index is 1450. The number of likely N-dealkylation sites (tertiary alicyclic amines) is 1. The molecule has 0 N–H and O–H groups in total. The second-order valence-electron chi connectivity index (χ2n) is 9.34. The molecule has 39 heavy (non-hydrogen) atoms. The summed E-state index contributed by atoms with van der Waals surface area (Å²) in [4.78, 5) is 37.0. The zero-order valence-corrected chi connectivity index (χ0v) is 22.4. The molecule has 0 aliphatic carbocycles. The second kappa shape index (κ2) is 11.0. The number of carbonyl (C=O) groups excluding carboxylic acids is 1. The summed E-state index contributed by atoms with van der Waals surface area (Å²) in [5, 5.41) is 6.87. The molecule has 13 heteroatoms. The van der Waals surface area contributed by atoms with Crippen molar-refractivity contribution in [3.63, 3.8) is 0 Å². The average Bonchev–Trinajstić information content (AvgIpc) is 3.60. The molecular weight excluding hydrogens is 557 g/mol. The molecule has 1 unspecified atom stereocenters. The van der Waals surface area contributed by atoms with Gasteiger partial charge in [-0.25, -0.2) is 4.98 Å². The highest BCUT2D eigenvalue weighted by Gasteiger charge is 2.35. The molecule has 206 valence electrons. The Labute approximate surface area is 230 Å². The van der Waals surface area contributed by atoms with Crippen LogP contribution in [-0.4, -0.2) is 46.3 Å². The van der Waals surface area contributed by atoms with Crippen LogP contribution in [0.1, 0.15) is 53.1 Å². The van der Waals surface area contributed by atoms with Crippen molar-refractivity contribution in [2.75, 3.05) is 20.2 Å². The number of carbonyl (C=O) groups is 1. The van der Waals surface area contributed by atoms with Crippen LogP contribution in [0.5, 0.6) is 5.75 Å². The zero-order valence-electron chi connectivity index (χ0n) is 20.8. The van der Waals surface area contributed by atoms with E-state index < -0.39 is 29.8 Å². The van der Waals surface area contributed by atoms with E-state index in [1.165, 1.54) is 11.3 Å². The molecule has 1 atom stereocenters. The third-order valence-electron chi connectivity index (χ3n) is 6.83. The predicted octanol–water partition coefficient (Wildman–Crippen LogP) is 5.26. The summed E-state index contributed by atoms with van der Waals surface area (Å²) in [5.41, 5.74) is -0.148. The molecule has 8 nitrogen and oxygen atoms in total. The third kappa shape index (κ3) is 5.96. The number of thiazole rings is 1. The summed E-state index contributed by atoms with van der Waals surface area (Å²) in [6.45, 7) is 0.302. The van der Waals surface area contributed by atoms with Gasteiger partial charge in [-0.2, -0.15) is 13.2 Å². The van der Waals surface area contributed by atoms with E-state index in [2.05, 4.69) is 5.16 Å². The fraction of sp³-hybridized carbons (Fsp3) is 0.385. The summed E-state index contributed by atoms with van der Waals surface area (Å²) in [7, 11) is 1.61. The highest BCUT2D eigenvalue weighted by Crippen LogP contribution is 2.34. The van der Waals surface area contributed by atoms with Crippen LogP contribution in [0.2, 0.25) is 5.02 Å². The summed E-state index contributed by atoms with van der Waals surface area (Å²) in [6.07, 6.45) is -2.10. The third-order valence-corrected chi connectivity index (χ3v) is 8.05. The van der Waals surface area contributed by atoms with E-state index in [0.29, 0.717) is 38.4 Å². The van der Waals surface area contributed by atoms with Crippen LogP contribution in [0.15, 0.2) is 51.9 Å². The zero-order chi connectivity index (χ0) is 27.7. The lowest BCUT2D eigenvalue weighted by Crippen LogP contribution is -2.41. The van der Waals surface area contributed by atoms with Crippen molar-refractivity contribution in [3.8, 4) is 5.75 Å². The molecule has 0 radical (unpaired) electrons. The summed E-state index contributed by atoms with van der Waals surface area (Å²) in [6, 6.07) is 8.22. The molecule has 2 aliphatic heterocycles. The molecular formula is C26H24ClF3N4O4S. The Morgan fingerprint density at radius 3 is 2.62 bits per heavy atom. The van der Waals surface area contributed by atoms with Gasteiger partial charge in [-0.1, -0.05) is 28.9 Å². The van der Waals surface area contributed by atoms with Gasteiger partial charge in [-0.3, -0.25) is 9.59 Å². The number of hydrogen-bond donors (Lipinski definition) is 0. The van der Waals surface area contributed by atoms with Gasteiger partial charge in [0.1, 0.15) is 23.6 Å². The van der Waals surface area contributed by atoms with Gasteiger partial charge in [-0.15, -0.1) is 11.3 Å². The van der Waals surface area contributed by atoms with E-state index in [9.17, 15) is 22.8 Å². The monoisotopic (exact) mass is 580 g/mol. The van der Waals surface area contributed by atoms with E-state index in [-0.39, 0.29) is 17.0 Å². The quantitative estimate of drug-likeness (QED) is 0.397. The van der Waals surface area contributed by atoms with Crippen molar-refractivity contribution in [1.29, 1.82) is 0 Å². The molecule has 2 aromatic heterocycles. The fourth-order valence-corrected chi connectivity index (χ4v) is 5.90. The first-order chi connectivity index (χ1) is 18.6. The minimum atomic E-state index is -4.86. The smallest absolute Gasteiger partial charge is 0.421 e. The number of pyridine rings is 1. The Balaban J connectivity index is 1.17. The SMILES string of the molecule is COc1ccc(C2CC(c3csc(C4CCN(C(=O)Cn5cc(Cl)cc(C(F)(F)F)c5=O)CC4)n3)=NO2)cc1. The Kier molecular flexibility index (Phi) is 7.68. The number of hydrogen-bond acceptors (Lipinski definition) is 7. The van der Waals surface area contributed by atoms with E-state index in [4.69, 9.17) is 26.2 Å². The van der Waals surface area contributed by atoms with Crippen LogP contribution in [0.4, 0.5) is 13.2 Å². The van der Waals surface area contributed by atoms with Crippen molar-refractivity contribution >= 4 is 34.6 Å². The van der Waals surface area contributed by atoms with E-state index >= 15 is 0 Å². The number of nitrogens with zero attached hydrogens (tertiary/aromatic N) is 4. The number of alkyl halides is 3. The highest BCUT2D eigenvalue weighted by atomic mass is 35.5. The number of piperidine rings is 1. The molecule has 3 aromatic rings. The van der Waals surface area contributed by atoms with Crippen molar-refractivity contribution in [3.05, 3.63) is 79.1 Å². The van der Waals surface area contributed by atoms with Gasteiger partial charge >= 0.3 is 6.18 Å². The predicted molar refractivity (Wildman–Crippen MR) is 139 cm³/mol. The normalized spacial score (nSPS) is 18.1. The van der Waals surface area contributed by atoms with Crippen molar-refractivity contribution in [1.82, 2.24) is 14.5 Å². The first-order valence-electron chi connectivity index (χ1n) is 12.2. The molecule has 1 saturated heterocycles. The number of oxime groups is 1. The molecule has 1 aromatic carbocycles. The van der Waals surface area contributed by atoms with Crippen molar-refractivity contribution in [2.45, 2.75) is 44.0 Å². The number of rotatable bonds is 6. The molecule has 1 amide bonds. The molecule has 1 fully saturated rings. The minimum Gasteiger partial charge on any atom is -0.497 e. The Hall–Kier alpha value is -3.38. The van der Waals surface area contributed by atoms with Crippen molar-refractivity contribution in [2.24, 2.45) is 5.16 Å². The van der Waals surface area contributed by atoms with Gasteiger partial charge < -0.3 is 19.0 Å². The molecule has 2 aliphatic rings. The van der Waals surface area contributed by atoms with Gasteiger partial charge in [-0.05, 0) is 36.6 Å². The second-order valence-corrected chi connectivity index (χ2v) is 10.7. The molecule has 4 heterocycles. The maximum absolute atomic E-state index is 13.1. The number of methoxy groups -OCH3 is 1. The number of halogens is 4. The largest absolute Gasteiger partial charge is 0.497 e. The average molecular weight is 581 g/mol. The van der Waals surface area contributed by atoms with Crippen LogP contribution >= 0.6 is 22.9 Å². The maximum Gasteiger partial charge on any atom is 0.421 e. The maximum atomic E-state index is 13.1. The van der Waals surface area contributed by atoms with Gasteiger partial charge in [0.2, 0.25) is 5.91 Å². The fourth-order valence-electron chi connectivity index (χ4n) is 4.67. The van der Waals surface area contributed by atoms with Gasteiger partial charge in [0.25, 0.3) is 5.56 Å². The van der Waals surface area contributed by atoms with E-state index in [0.717, 1.165) is 38.5 Å². The van der Waals surface area contributed by atoms with Crippen LogP contribution in [0.3, 0.4) is 0 Å². The molecule has 5 rings (SSSR count). The topological polar surface area (TPSA) is 86.0 Å². The lowest BCUT2D eigenvalue weighted by atomic mass is 9.97. The highest BCUT2D eigenvalue weighted by molar-refractivity contribution is 7.10. The van der Waals surface area contributed by atoms with Crippen molar-refractivity contribution < 1.29 is 27.5 Å². The lowest BCUT2D eigenvalue weighted by molar-refractivity contribution is -0.139. The minimum absolute atomic E-state index is 0.138. The Morgan fingerprint density at radius 2 is 1.95 bits per heavy atom.